The van der Waals surface area contributed by atoms with Crippen LogP contribution in [0.5, 0.6) is 0 Å². The Hall–Kier alpha value is 0.0900. The number of hydrogen-bond donors (Lipinski definition) is 2. The molecule has 3 N–H and O–H groups in total. The van der Waals surface area contributed by atoms with Gasteiger partial charge >= 0.3 is 0 Å². The molecule has 0 saturated heterocycles. The van der Waals surface area contributed by atoms with Crippen LogP contribution in [-0.2, 0) is 0 Å². The van der Waals surface area contributed by atoms with Gasteiger partial charge in [-0.2, -0.15) is 0 Å². The van der Waals surface area contributed by atoms with Gasteiger partial charge in [-0.15, -0.1) is 11.3 Å². The van der Waals surface area contributed by atoms with Crippen molar-refractivity contribution in [2.45, 2.75) is 19.9 Å². The fourth-order valence-corrected chi connectivity index (χ4v) is 3.01. The van der Waals surface area contributed by atoms with E-state index in [0.29, 0.717) is 0 Å². The third kappa shape index (κ3) is 3.05. The van der Waals surface area contributed by atoms with Gasteiger partial charge < -0.3 is 0 Å². The Morgan fingerprint density at radius 2 is 2.38 bits per heavy atom. The number of nitrogens with one attached hydrogen (secondary N) is 1. The van der Waals surface area contributed by atoms with E-state index in [1.807, 2.05) is 0 Å². The number of hydrazine groups is 1. The SMILES string of the molecule is CC(C)=CC(NN)c1sccc1I. The zero-order valence-corrected chi connectivity index (χ0v) is 10.6. The summed E-state index contributed by atoms with van der Waals surface area (Å²) in [5.74, 6) is 5.49. The van der Waals surface area contributed by atoms with Crippen molar-refractivity contribution >= 4 is 33.9 Å². The molecule has 0 aliphatic carbocycles. The summed E-state index contributed by atoms with van der Waals surface area (Å²) in [6, 6.07) is 2.25. The second kappa shape index (κ2) is 5.09. The van der Waals surface area contributed by atoms with Gasteiger partial charge in [0.2, 0.25) is 0 Å². The van der Waals surface area contributed by atoms with Crippen molar-refractivity contribution in [1.82, 2.24) is 5.43 Å². The summed E-state index contributed by atoms with van der Waals surface area (Å²) in [5.41, 5.74) is 4.08. The molecule has 0 aliphatic heterocycles. The molecule has 2 nitrogen and oxygen atoms in total. The summed E-state index contributed by atoms with van der Waals surface area (Å²) in [7, 11) is 0. The van der Waals surface area contributed by atoms with E-state index in [9.17, 15) is 0 Å². The molecule has 4 heteroatoms. The minimum absolute atomic E-state index is 0.150. The number of nitrogens with two attached hydrogens (primary N) is 1. The van der Waals surface area contributed by atoms with Crippen molar-refractivity contribution in [2.24, 2.45) is 5.84 Å². The standard InChI is InChI=1S/C9H13IN2S/c1-6(2)5-8(12-11)9-7(10)3-4-13-9/h3-5,8,12H,11H2,1-2H3. The number of hydrogen-bond acceptors (Lipinski definition) is 3. The van der Waals surface area contributed by atoms with Crippen LogP contribution in [0, 0.1) is 3.57 Å². The van der Waals surface area contributed by atoms with E-state index >= 15 is 0 Å². The maximum absolute atomic E-state index is 5.49. The highest BCUT2D eigenvalue weighted by Gasteiger charge is 2.10. The van der Waals surface area contributed by atoms with Crippen LogP contribution in [0.3, 0.4) is 0 Å². The fraction of sp³-hybridized carbons (Fsp3) is 0.333. The van der Waals surface area contributed by atoms with Crippen LogP contribution < -0.4 is 11.3 Å². The predicted molar refractivity (Wildman–Crippen MR) is 66.5 cm³/mol. The lowest BCUT2D eigenvalue weighted by molar-refractivity contribution is 0.659. The van der Waals surface area contributed by atoms with Gasteiger partial charge in [0.25, 0.3) is 0 Å². The molecular formula is C9H13IN2S. The van der Waals surface area contributed by atoms with Crippen molar-refractivity contribution in [1.29, 1.82) is 0 Å². The van der Waals surface area contributed by atoms with Crippen molar-refractivity contribution in [3.63, 3.8) is 0 Å². The predicted octanol–water partition coefficient (Wildman–Crippen LogP) is 2.82. The summed E-state index contributed by atoms with van der Waals surface area (Å²) in [6.45, 7) is 4.15. The molecule has 0 aliphatic rings. The van der Waals surface area contributed by atoms with E-state index in [0.717, 1.165) is 0 Å². The van der Waals surface area contributed by atoms with Gasteiger partial charge in [-0.05, 0) is 47.9 Å². The maximum Gasteiger partial charge on any atom is 0.0746 e. The largest absolute Gasteiger partial charge is 0.271 e. The highest BCUT2D eigenvalue weighted by atomic mass is 127. The molecule has 0 aromatic carbocycles. The lowest BCUT2D eigenvalue weighted by Gasteiger charge is -2.10. The summed E-state index contributed by atoms with van der Waals surface area (Å²) >= 11 is 4.06. The normalized spacial score (nSPS) is 12.6. The molecule has 1 unspecified atom stereocenters. The van der Waals surface area contributed by atoms with E-state index in [2.05, 4.69) is 59.4 Å². The molecule has 1 aromatic heterocycles. The van der Waals surface area contributed by atoms with Crippen LogP contribution >= 0.6 is 33.9 Å². The van der Waals surface area contributed by atoms with Gasteiger partial charge in [0.15, 0.2) is 0 Å². The van der Waals surface area contributed by atoms with Crippen LogP contribution in [0.15, 0.2) is 23.1 Å². The Labute approximate surface area is 96.3 Å². The van der Waals surface area contributed by atoms with Gasteiger partial charge in [-0.25, -0.2) is 5.43 Å². The molecule has 72 valence electrons. The summed E-state index contributed by atoms with van der Waals surface area (Å²) in [5, 5.41) is 2.08. The van der Waals surface area contributed by atoms with E-state index in [4.69, 9.17) is 5.84 Å². The topological polar surface area (TPSA) is 38.0 Å². The average Bonchev–Trinajstić information content (AvgIpc) is 2.47. The molecular weight excluding hydrogens is 295 g/mol. The van der Waals surface area contributed by atoms with Gasteiger partial charge in [-0.3, -0.25) is 5.84 Å². The lowest BCUT2D eigenvalue weighted by atomic mass is 10.2. The molecule has 0 radical (unpaired) electrons. The first-order valence-corrected chi connectivity index (χ1v) is 5.95. The number of allylic oxidation sites excluding steroid dienone is 1. The second-order valence-corrected chi connectivity index (χ2v) is 5.13. The van der Waals surface area contributed by atoms with Gasteiger partial charge in [-0.1, -0.05) is 11.6 Å². The van der Waals surface area contributed by atoms with E-state index in [-0.39, 0.29) is 6.04 Å². The third-order valence-corrected chi connectivity index (χ3v) is 3.91. The first-order chi connectivity index (χ1) is 6.15. The summed E-state index contributed by atoms with van der Waals surface area (Å²) < 4.78 is 1.27. The minimum Gasteiger partial charge on any atom is -0.271 e. The Morgan fingerprint density at radius 3 is 2.77 bits per heavy atom. The molecule has 0 saturated carbocycles. The highest BCUT2D eigenvalue weighted by Crippen LogP contribution is 2.26. The lowest BCUT2D eigenvalue weighted by Crippen LogP contribution is -2.26. The molecule has 1 rings (SSSR count). The number of rotatable bonds is 3. The molecule has 1 atom stereocenters. The quantitative estimate of drug-likeness (QED) is 0.390. The smallest absolute Gasteiger partial charge is 0.0746 e. The molecule has 0 amide bonds. The van der Waals surface area contributed by atoms with Crippen molar-refractivity contribution in [3.05, 3.63) is 31.5 Å². The van der Waals surface area contributed by atoms with E-state index in [1.54, 1.807) is 11.3 Å². The zero-order chi connectivity index (χ0) is 9.84. The van der Waals surface area contributed by atoms with Crippen LogP contribution in [0.25, 0.3) is 0 Å². The zero-order valence-electron chi connectivity index (χ0n) is 7.67. The van der Waals surface area contributed by atoms with Crippen LogP contribution in [0.1, 0.15) is 24.8 Å². The summed E-state index contributed by atoms with van der Waals surface area (Å²) in [6.07, 6.45) is 2.13. The maximum atomic E-state index is 5.49. The average molecular weight is 308 g/mol. The Morgan fingerprint density at radius 1 is 1.69 bits per heavy atom. The second-order valence-electron chi connectivity index (χ2n) is 3.02. The van der Waals surface area contributed by atoms with Crippen LogP contribution in [0.2, 0.25) is 0 Å². The number of thiophene rings is 1. The Kier molecular flexibility index (Phi) is 4.37. The molecule has 0 bridgehead atoms. The molecule has 0 spiro atoms. The molecule has 0 fully saturated rings. The van der Waals surface area contributed by atoms with Crippen LogP contribution in [0.4, 0.5) is 0 Å². The van der Waals surface area contributed by atoms with Gasteiger partial charge in [0.05, 0.1) is 6.04 Å². The third-order valence-electron chi connectivity index (χ3n) is 1.61. The van der Waals surface area contributed by atoms with Crippen molar-refractivity contribution < 1.29 is 0 Å². The van der Waals surface area contributed by atoms with Crippen molar-refractivity contribution in [2.75, 3.05) is 0 Å². The highest BCUT2D eigenvalue weighted by molar-refractivity contribution is 14.1. The van der Waals surface area contributed by atoms with Gasteiger partial charge in [0.1, 0.15) is 0 Å². The Bertz CT molecular complexity index is 302. The molecule has 1 heterocycles. The minimum atomic E-state index is 0.150. The van der Waals surface area contributed by atoms with Crippen molar-refractivity contribution in [3.8, 4) is 0 Å². The monoisotopic (exact) mass is 308 g/mol. The van der Waals surface area contributed by atoms with Gasteiger partial charge in [0, 0.05) is 8.45 Å². The molecule has 1 aromatic rings. The first kappa shape index (κ1) is 11.2. The number of halogens is 1. The fourth-order valence-electron chi connectivity index (χ4n) is 1.06. The summed E-state index contributed by atoms with van der Waals surface area (Å²) in [4.78, 5) is 1.28. The first-order valence-electron chi connectivity index (χ1n) is 3.99. The molecule has 13 heavy (non-hydrogen) atoms. The Balaban J connectivity index is 2.91. The van der Waals surface area contributed by atoms with Crippen LogP contribution in [-0.4, -0.2) is 0 Å². The van der Waals surface area contributed by atoms with E-state index < -0.39 is 0 Å². The van der Waals surface area contributed by atoms with E-state index in [1.165, 1.54) is 14.0 Å².